The van der Waals surface area contributed by atoms with Crippen LogP contribution < -0.4 is 5.73 Å². The second kappa shape index (κ2) is 5.07. The average Bonchev–Trinajstić information content (AvgIpc) is 2.79. The second-order valence-electron chi connectivity index (χ2n) is 6.11. The van der Waals surface area contributed by atoms with Crippen LogP contribution in [0.15, 0.2) is 30.3 Å². The second-order valence-corrected chi connectivity index (χ2v) is 7.23. The molecule has 108 valence electrons. The van der Waals surface area contributed by atoms with Gasteiger partial charge in [0.05, 0.1) is 20.9 Å². The van der Waals surface area contributed by atoms with Crippen LogP contribution in [0.4, 0.5) is 5.82 Å². The smallest absolute Gasteiger partial charge is 0.136 e. The van der Waals surface area contributed by atoms with E-state index in [1.54, 1.807) is 11.3 Å². The maximum Gasteiger partial charge on any atom is 0.136 e. The van der Waals surface area contributed by atoms with Crippen LogP contribution in [0.3, 0.4) is 0 Å². The fourth-order valence-corrected chi connectivity index (χ4v) is 3.08. The molecule has 0 unspecified atom stereocenters. The summed E-state index contributed by atoms with van der Waals surface area (Å²) in [5, 5.41) is 1.05. The molecule has 0 spiro atoms. The van der Waals surface area contributed by atoms with Gasteiger partial charge in [-0.3, -0.25) is 0 Å². The summed E-state index contributed by atoms with van der Waals surface area (Å²) in [5.74, 6) is 1.30. The number of hydrogen-bond acceptors (Lipinski definition) is 5. The number of anilines is 1. The zero-order valence-corrected chi connectivity index (χ0v) is 13.2. The van der Waals surface area contributed by atoms with Crippen LogP contribution >= 0.6 is 11.3 Å². The quantitative estimate of drug-likeness (QED) is 0.785. The highest BCUT2D eigenvalue weighted by molar-refractivity contribution is 7.18. The number of nitrogens with two attached hydrogens (primary N) is 1. The van der Waals surface area contributed by atoms with Gasteiger partial charge in [0.1, 0.15) is 11.6 Å². The van der Waals surface area contributed by atoms with Crippen molar-refractivity contribution in [3.05, 3.63) is 46.9 Å². The standard InChI is InChI=1S/C16H18N4S/c1-16(2,3)15-18-10(8-13(17)20-15)9-14-19-11-6-4-5-7-12(11)21-14/h4-8H,9H2,1-3H3,(H2,17,18,20). The van der Waals surface area contributed by atoms with Crippen LogP contribution in [-0.4, -0.2) is 15.0 Å². The van der Waals surface area contributed by atoms with Crippen molar-refractivity contribution in [2.75, 3.05) is 5.73 Å². The molecule has 0 saturated heterocycles. The molecule has 0 amide bonds. The van der Waals surface area contributed by atoms with Crippen LogP contribution in [0.25, 0.3) is 10.2 Å². The van der Waals surface area contributed by atoms with E-state index in [1.165, 1.54) is 4.70 Å². The summed E-state index contributed by atoms with van der Waals surface area (Å²) >= 11 is 1.70. The Kier molecular flexibility index (Phi) is 3.37. The highest BCUT2D eigenvalue weighted by Gasteiger charge is 2.19. The van der Waals surface area contributed by atoms with Crippen molar-refractivity contribution in [1.82, 2.24) is 15.0 Å². The highest BCUT2D eigenvalue weighted by atomic mass is 32.1. The third-order valence-corrected chi connectivity index (χ3v) is 4.18. The minimum absolute atomic E-state index is 0.113. The largest absolute Gasteiger partial charge is 0.384 e. The first-order valence-corrected chi connectivity index (χ1v) is 7.72. The van der Waals surface area contributed by atoms with Gasteiger partial charge in [0.15, 0.2) is 0 Å². The fourth-order valence-electron chi connectivity index (χ4n) is 2.10. The zero-order valence-electron chi connectivity index (χ0n) is 12.4. The van der Waals surface area contributed by atoms with Crippen molar-refractivity contribution in [2.45, 2.75) is 32.6 Å². The van der Waals surface area contributed by atoms with E-state index in [0.717, 1.165) is 22.0 Å². The SMILES string of the molecule is CC(C)(C)c1nc(N)cc(Cc2nc3ccccc3s2)n1. The van der Waals surface area contributed by atoms with Gasteiger partial charge in [0, 0.05) is 17.9 Å². The van der Waals surface area contributed by atoms with Crippen molar-refractivity contribution in [3.8, 4) is 0 Å². The lowest BCUT2D eigenvalue weighted by atomic mass is 9.95. The summed E-state index contributed by atoms with van der Waals surface area (Å²) in [6.45, 7) is 6.26. The van der Waals surface area contributed by atoms with Gasteiger partial charge in [-0.1, -0.05) is 32.9 Å². The number of benzene rings is 1. The zero-order chi connectivity index (χ0) is 15.0. The molecule has 0 aliphatic carbocycles. The lowest BCUT2D eigenvalue weighted by molar-refractivity contribution is 0.543. The summed E-state index contributed by atoms with van der Waals surface area (Å²) in [4.78, 5) is 13.6. The molecule has 2 heterocycles. The van der Waals surface area contributed by atoms with E-state index in [-0.39, 0.29) is 5.41 Å². The number of aromatic nitrogens is 3. The Labute approximate surface area is 128 Å². The molecule has 3 rings (SSSR count). The first kappa shape index (κ1) is 13.9. The van der Waals surface area contributed by atoms with E-state index in [4.69, 9.17) is 5.73 Å². The van der Waals surface area contributed by atoms with E-state index < -0.39 is 0 Å². The summed E-state index contributed by atoms with van der Waals surface area (Å²) in [6.07, 6.45) is 0.690. The van der Waals surface area contributed by atoms with Crippen molar-refractivity contribution >= 4 is 27.4 Å². The maximum absolute atomic E-state index is 5.92. The molecule has 0 atom stereocenters. The molecule has 0 bridgehead atoms. The number of hydrogen-bond donors (Lipinski definition) is 1. The van der Waals surface area contributed by atoms with E-state index >= 15 is 0 Å². The van der Waals surface area contributed by atoms with E-state index in [2.05, 4.69) is 41.8 Å². The van der Waals surface area contributed by atoms with Crippen molar-refractivity contribution in [3.63, 3.8) is 0 Å². The van der Waals surface area contributed by atoms with Crippen molar-refractivity contribution in [2.24, 2.45) is 0 Å². The molecule has 1 aromatic carbocycles. The van der Waals surface area contributed by atoms with Crippen LogP contribution in [0.1, 0.15) is 37.3 Å². The van der Waals surface area contributed by atoms with Gasteiger partial charge >= 0.3 is 0 Å². The molecular formula is C16H18N4S. The number of rotatable bonds is 2. The van der Waals surface area contributed by atoms with Crippen molar-refractivity contribution < 1.29 is 0 Å². The molecule has 0 aliphatic heterocycles. The molecule has 0 aliphatic rings. The predicted molar refractivity (Wildman–Crippen MR) is 87.6 cm³/mol. The van der Waals surface area contributed by atoms with Gasteiger partial charge in [-0.15, -0.1) is 11.3 Å². The first-order chi connectivity index (χ1) is 9.91. The third kappa shape index (κ3) is 3.03. The molecule has 2 N–H and O–H groups in total. The Morgan fingerprint density at radius 1 is 1.10 bits per heavy atom. The van der Waals surface area contributed by atoms with Gasteiger partial charge in [-0.25, -0.2) is 15.0 Å². The summed E-state index contributed by atoms with van der Waals surface area (Å²) in [6, 6.07) is 9.99. The number of fused-ring (bicyclic) bond motifs is 1. The Balaban J connectivity index is 1.95. The lowest BCUT2D eigenvalue weighted by Crippen LogP contribution is -2.18. The summed E-state index contributed by atoms with van der Waals surface area (Å²) in [7, 11) is 0. The normalized spacial score (nSPS) is 12.0. The Morgan fingerprint density at radius 3 is 2.57 bits per heavy atom. The molecular weight excluding hydrogens is 280 g/mol. The molecule has 21 heavy (non-hydrogen) atoms. The van der Waals surface area contributed by atoms with Crippen LogP contribution in [0.5, 0.6) is 0 Å². The molecule has 0 radical (unpaired) electrons. The number of nitrogen functional groups attached to an aromatic ring is 1. The molecule has 2 aromatic heterocycles. The monoisotopic (exact) mass is 298 g/mol. The lowest BCUT2D eigenvalue weighted by Gasteiger charge is -2.17. The number of para-hydroxylation sites is 1. The molecule has 0 saturated carbocycles. The predicted octanol–water partition coefficient (Wildman–Crippen LogP) is 3.56. The summed E-state index contributed by atoms with van der Waals surface area (Å²) < 4.78 is 1.20. The highest BCUT2D eigenvalue weighted by Crippen LogP contribution is 2.25. The molecule has 5 heteroatoms. The Hall–Kier alpha value is -2.01. The average molecular weight is 298 g/mol. The first-order valence-electron chi connectivity index (χ1n) is 6.90. The minimum Gasteiger partial charge on any atom is -0.384 e. The van der Waals surface area contributed by atoms with Crippen LogP contribution in [0.2, 0.25) is 0 Å². The van der Waals surface area contributed by atoms with E-state index in [0.29, 0.717) is 12.2 Å². The van der Waals surface area contributed by atoms with Crippen LogP contribution in [-0.2, 0) is 11.8 Å². The van der Waals surface area contributed by atoms with Gasteiger partial charge in [0.25, 0.3) is 0 Å². The number of nitrogens with zero attached hydrogens (tertiary/aromatic N) is 3. The Bertz CT molecular complexity index is 753. The minimum atomic E-state index is -0.113. The Morgan fingerprint density at radius 2 is 1.86 bits per heavy atom. The summed E-state index contributed by atoms with van der Waals surface area (Å²) in [5.41, 5.74) is 7.76. The van der Waals surface area contributed by atoms with Gasteiger partial charge < -0.3 is 5.73 Å². The van der Waals surface area contributed by atoms with E-state index in [1.807, 2.05) is 24.3 Å². The molecule has 4 nitrogen and oxygen atoms in total. The topological polar surface area (TPSA) is 64.7 Å². The third-order valence-electron chi connectivity index (χ3n) is 3.14. The molecule has 3 aromatic rings. The van der Waals surface area contributed by atoms with Gasteiger partial charge in [-0.2, -0.15) is 0 Å². The fraction of sp³-hybridized carbons (Fsp3) is 0.312. The van der Waals surface area contributed by atoms with Crippen molar-refractivity contribution in [1.29, 1.82) is 0 Å². The van der Waals surface area contributed by atoms with Crippen LogP contribution in [0, 0.1) is 0 Å². The van der Waals surface area contributed by atoms with E-state index in [9.17, 15) is 0 Å². The maximum atomic E-state index is 5.92. The molecule has 0 fully saturated rings. The number of thiazole rings is 1. The van der Waals surface area contributed by atoms with Gasteiger partial charge in [-0.05, 0) is 12.1 Å². The van der Waals surface area contributed by atoms with Gasteiger partial charge in [0.2, 0.25) is 0 Å².